The molecule has 0 atom stereocenters. The van der Waals surface area contributed by atoms with Crippen LogP contribution in [0.4, 0.5) is 4.79 Å². The zero-order valence-electron chi connectivity index (χ0n) is 22.5. The Kier molecular flexibility index (Phi) is 9.35. The molecule has 4 rings (SSSR count). The molecule has 1 aromatic heterocycles. The Morgan fingerprint density at radius 3 is 2.46 bits per heavy atom. The average Bonchev–Trinajstić information content (AvgIpc) is 3.39. The van der Waals surface area contributed by atoms with Crippen LogP contribution in [0.25, 0.3) is 17.2 Å². The Balaban J connectivity index is 1.69. The van der Waals surface area contributed by atoms with Gasteiger partial charge in [-0.2, -0.15) is 0 Å². The lowest BCUT2D eigenvalue weighted by molar-refractivity contribution is -0.116. The SMILES string of the molecule is CCCCc1nc(Br)c(C=C2C(=O)NC(=O)N2CCCC)n1Cc1ccc(-c2ccccc2C(=O)OC)cc1. The van der Waals surface area contributed by atoms with E-state index in [1.54, 1.807) is 12.1 Å². The van der Waals surface area contributed by atoms with Crippen LogP contribution in [-0.4, -0.2) is 46.0 Å². The number of carbonyl (C=O) groups excluding carboxylic acids is 3. The predicted octanol–water partition coefficient (Wildman–Crippen LogP) is 6.18. The topological polar surface area (TPSA) is 93.5 Å². The van der Waals surface area contributed by atoms with E-state index < -0.39 is 11.9 Å². The number of ether oxygens (including phenoxy) is 1. The highest BCUT2D eigenvalue weighted by Gasteiger charge is 2.33. The molecule has 2 aromatic carbocycles. The monoisotopic (exact) mass is 592 g/mol. The summed E-state index contributed by atoms with van der Waals surface area (Å²) in [6.45, 7) is 5.18. The van der Waals surface area contributed by atoms with Gasteiger partial charge in [-0.1, -0.05) is 69.2 Å². The highest BCUT2D eigenvalue weighted by atomic mass is 79.9. The highest BCUT2D eigenvalue weighted by Crippen LogP contribution is 2.28. The number of hydrogen-bond donors (Lipinski definition) is 1. The lowest BCUT2D eigenvalue weighted by Crippen LogP contribution is -2.28. The summed E-state index contributed by atoms with van der Waals surface area (Å²) in [6, 6.07) is 15.0. The predicted molar refractivity (Wildman–Crippen MR) is 154 cm³/mol. The quantitative estimate of drug-likeness (QED) is 0.163. The minimum absolute atomic E-state index is 0.326. The number of nitrogens with one attached hydrogen (secondary N) is 1. The van der Waals surface area contributed by atoms with Crippen LogP contribution in [0, 0.1) is 0 Å². The van der Waals surface area contributed by atoms with Crippen molar-refractivity contribution in [3.05, 3.63) is 81.5 Å². The maximum atomic E-state index is 12.7. The van der Waals surface area contributed by atoms with Crippen LogP contribution in [0.5, 0.6) is 0 Å². The van der Waals surface area contributed by atoms with E-state index in [2.05, 4.69) is 32.7 Å². The van der Waals surface area contributed by atoms with Crippen molar-refractivity contribution in [2.45, 2.75) is 52.5 Å². The van der Waals surface area contributed by atoms with Gasteiger partial charge in [0.15, 0.2) is 0 Å². The molecule has 3 amide bonds. The number of methoxy groups -OCH3 is 1. The maximum absolute atomic E-state index is 12.7. The molecule has 2 heterocycles. The van der Waals surface area contributed by atoms with Gasteiger partial charge >= 0.3 is 12.0 Å². The number of unbranched alkanes of at least 4 members (excludes halogenated alkanes) is 2. The molecule has 9 heteroatoms. The van der Waals surface area contributed by atoms with Crippen molar-refractivity contribution in [2.24, 2.45) is 0 Å². The second kappa shape index (κ2) is 12.9. The molecule has 1 aliphatic heterocycles. The second-order valence-electron chi connectivity index (χ2n) is 9.42. The Labute approximate surface area is 237 Å². The summed E-state index contributed by atoms with van der Waals surface area (Å²) in [5.41, 5.74) is 4.33. The molecule has 0 unspecified atom stereocenters. The molecule has 0 bridgehead atoms. The minimum Gasteiger partial charge on any atom is -0.465 e. The van der Waals surface area contributed by atoms with Gasteiger partial charge in [-0.3, -0.25) is 15.0 Å². The number of benzene rings is 2. The summed E-state index contributed by atoms with van der Waals surface area (Å²) < 4.78 is 7.68. The fraction of sp³-hybridized carbons (Fsp3) is 0.333. The first-order chi connectivity index (χ1) is 18.9. The molecule has 0 aliphatic carbocycles. The Morgan fingerprint density at radius 2 is 1.77 bits per heavy atom. The summed E-state index contributed by atoms with van der Waals surface area (Å²) in [4.78, 5) is 43.6. The number of hydrogen-bond acceptors (Lipinski definition) is 5. The van der Waals surface area contributed by atoms with Gasteiger partial charge in [-0.15, -0.1) is 0 Å². The van der Waals surface area contributed by atoms with Crippen LogP contribution in [0.15, 0.2) is 58.8 Å². The second-order valence-corrected chi connectivity index (χ2v) is 10.2. The molecule has 1 N–H and O–H groups in total. The zero-order chi connectivity index (χ0) is 27.9. The van der Waals surface area contributed by atoms with Crippen LogP contribution >= 0.6 is 15.9 Å². The number of aromatic nitrogens is 2. The van der Waals surface area contributed by atoms with Crippen molar-refractivity contribution in [1.29, 1.82) is 0 Å². The molecule has 3 aromatic rings. The van der Waals surface area contributed by atoms with Gasteiger partial charge < -0.3 is 9.30 Å². The standard InChI is InChI=1S/C30H33BrN4O4/c1-4-6-12-26-32-27(31)24(18-25-28(36)33-30(38)34(25)17-7-5-2)35(26)19-20-13-15-21(16-14-20)22-10-8-9-11-23(22)29(37)39-3/h8-11,13-16,18H,4-7,12,17,19H2,1-3H3,(H,33,36,38). The van der Waals surface area contributed by atoms with Crippen LogP contribution in [0.1, 0.15) is 67.0 Å². The summed E-state index contributed by atoms with van der Waals surface area (Å²) in [6.07, 6.45) is 6.25. The number of halogens is 1. The molecule has 0 radical (unpaired) electrons. The molecule has 1 aliphatic rings. The lowest BCUT2D eigenvalue weighted by atomic mass is 9.98. The Hall–Kier alpha value is -3.72. The molecule has 8 nitrogen and oxygen atoms in total. The van der Waals surface area contributed by atoms with Gasteiger partial charge in [0.1, 0.15) is 16.1 Å². The molecule has 1 saturated heterocycles. The zero-order valence-corrected chi connectivity index (χ0v) is 24.1. The van der Waals surface area contributed by atoms with Gasteiger partial charge in [0.2, 0.25) is 0 Å². The van der Waals surface area contributed by atoms with Crippen molar-refractivity contribution in [1.82, 2.24) is 19.8 Å². The van der Waals surface area contributed by atoms with Crippen LogP contribution in [0.3, 0.4) is 0 Å². The van der Waals surface area contributed by atoms with Crippen molar-refractivity contribution < 1.29 is 19.1 Å². The third-order valence-electron chi connectivity index (χ3n) is 6.73. The number of nitrogens with zero attached hydrogens (tertiary/aromatic N) is 3. The minimum atomic E-state index is -0.403. The molecule has 39 heavy (non-hydrogen) atoms. The molecule has 0 saturated carbocycles. The largest absolute Gasteiger partial charge is 0.465 e. The first kappa shape index (κ1) is 28.3. The van der Waals surface area contributed by atoms with E-state index in [-0.39, 0.29) is 5.97 Å². The van der Waals surface area contributed by atoms with Crippen LogP contribution in [0.2, 0.25) is 0 Å². The van der Waals surface area contributed by atoms with Gasteiger partial charge in [-0.25, -0.2) is 14.6 Å². The van der Waals surface area contributed by atoms with Gasteiger partial charge in [0.05, 0.1) is 18.4 Å². The maximum Gasteiger partial charge on any atom is 0.338 e. The summed E-state index contributed by atoms with van der Waals surface area (Å²) in [5, 5.41) is 2.42. The van der Waals surface area contributed by atoms with E-state index in [0.29, 0.717) is 29.0 Å². The van der Waals surface area contributed by atoms with E-state index in [4.69, 9.17) is 9.72 Å². The van der Waals surface area contributed by atoms with Crippen molar-refractivity contribution >= 4 is 39.9 Å². The fourth-order valence-electron chi connectivity index (χ4n) is 4.59. The van der Waals surface area contributed by atoms with Gasteiger partial charge in [0.25, 0.3) is 5.91 Å². The third-order valence-corrected chi connectivity index (χ3v) is 7.31. The van der Waals surface area contributed by atoms with Crippen LogP contribution < -0.4 is 5.32 Å². The van der Waals surface area contributed by atoms with Crippen molar-refractivity contribution in [3.63, 3.8) is 0 Å². The van der Waals surface area contributed by atoms with E-state index in [9.17, 15) is 14.4 Å². The normalized spacial score (nSPS) is 14.3. The van der Waals surface area contributed by atoms with Gasteiger partial charge in [-0.05, 0) is 57.6 Å². The number of amides is 3. The smallest absolute Gasteiger partial charge is 0.338 e. The number of aryl methyl sites for hydroxylation is 1. The Morgan fingerprint density at radius 1 is 1.05 bits per heavy atom. The van der Waals surface area contributed by atoms with Crippen molar-refractivity contribution in [3.8, 4) is 11.1 Å². The molecule has 204 valence electrons. The third kappa shape index (κ3) is 6.30. The molecule has 0 spiro atoms. The van der Waals surface area contributed by atoms with E-state index in [1.165, 1.54) is 12.0 Å². The summed E-state index contributed by atoms with van der Waals surface area (Å²) >= 11 is 3.60. The van der Waals surface area contributed by atoms with Gasteiger partial charge in [0, 0.05) is 19.5 Å². The highest BCUT2D eigenvalue weighted by molar-refractivity contribution is 9.10. The molecular formula is C30H33BrN4O4. The number of rotatable bonds is 11. The number of imide groups is 1. The Bertz CT molecular complexity index is 1390. The van der Waals surface area contributed by atoms with E-state index in [1.807, 2.05) is 49.4 Å². The number of imidazole rings is 1. The lowest BCUT2D eigenvalue weighted by Gasteiger charge is -2.16. The molecular weight excluding hydrogens is 560 g/mol. The number of esters is 1. The molecule has 1 fully saturated rings. The number of urea groups is 1. The average molecular weight is 594 g/mol. The summed E-state index contributed by atoms with van der Waals surface area (Å²) in [5.74, 6) is 0.124. The first-order valence-electron chi connectivity index (χ1n) is 13.2. The van der Waals surface area contributed by atoms with E-state index in [0.717, 1.165) is 60.3 Å². The number of carbonyl (C=O) groups is 3. The first-order valence-corrected chi connectivity index (χ1v) is 14.0. The summed E-state index contributed by atoms with van der Waals surface area (Å²) in [7, 11) is 1.38. The fourth-order valence-corrected chi connectivity index (χ4v) is 5.12. The van der Waals surface area contributed by atoms with Crippen molar-refractivity contribution in [2.75, 3.05) is 13.7 Å². The van der Waals surface area contributed by atoms with E-state index >= 15 is 0 Å². The van der Waals surface area contributed by atoms with Crippen LogP contribution in [-0.2, 0) is 22.5 Å².